The Hall–Kier alpha value is -3.13. The Morgan fingerprint density at radius 3 is 2.43 bits per heavy atom. The molecule has 0 bridgehead atoms. The van der Waals surface area contributed by atoms with Gasteiger partial charge < -0.3 is 19.9 Å². The van der Waals surface area contributed by atoms with Crippen LogP contribution in [0.15, 0.2) is 48.5 Å². The van der Waals surface area contributed by atoms with Crippen LogP contribution in [0.3, 0.4) is 0 Å². The lowest BCUT2D eigenvalue weighted by molar-refractivity contribution is 0.208. The number of piperazine rings is 1. The Balaban J connectivity index is 1.29. The van der Waals surface area contributed by atoms with Gasteiger partial charge in [-0.1, -0.05) is 29.8 Å². The van der Waals surface area contributed by atoms with Crippen LogP contribution in [0.2, 0.25) is 0 Å². The normalized spacial score (nSPS) is 13.9. The highest BCUT2D eigenvalue weighted by atomic mass is 32.1. The average molecular weight is 424 g/mol. The monoisotopic (exact) mass is 423 g/mol. The maximum Gasteiger partial charge on any atom is 0.321 e. The fraction of sp³-hybridized carbons (Fsp3) is 0.318. The second kappa shape index (κ2) is 9.13. The van der Waals surface area contributed by atoms with Crippen molar-refractivity contribution in [2.75, 3.05) is 43.5 Å². The molecule has 0 saturated carbocycles. The highest BCUT2D eigenvalue weighted by molar-refractivity contribution is 7.09. The van der Waals surface area contributed by atoms with Crippen LogP contribution >= 0.6 is 11.5 Å². The van der Waals surface area contributed by atoms with Gasteiger partial charge in [0.2, 0.25) is 5.13 Å². The molecule has 1 aliphatic heterocycles. The Morgan fingerprint density at radius 1 is 1.07 bits per heavy atom. The Labute approximate surface area is 180 Å². The minimum atomic E-state index is -0.0860. The predicted octanol–water partition coefficient (Wildman–Crippen LogP) is 3.80. The van der Waals surface area contributed by atoms with E-state index in [0.29, 0.717) is 13.1 Å². The fourth-order valence-electron chi connectivity index (χ4n) is 3.31. The zero-order valence-electron chi connectivity index (χ0n) is 17.2. The van der Waals surface area contributed by atoms with Crippen molar-refractivity contribution in [3.05, 3.63) is 65.5 Å². The van der Waals surface area contributed by atoms with E-state index in [-0.39, 0.29) is 6.03 Å². The summed E-state index contributed by atoms with van der Waals surface area (Å²) in [7, 11) is 1.62. The van der Waals surface area contributed by atoms with E-state index in [4.69, 9.17) is 9.72 Å². The standard InChI is InChI=1S/C22H25N5O2S/c1-16-3-5-17(6-4-16)15-20-24-22(30-25-20)27-13-11-26(12-14-27)21(28)23-18-7-9-19(29-2)10-8-18/h3-10H,11-15H2,1-2H3,(H,23,28). The summed E-state index contributed by atoms with van der Waals surface area (Å²) in [6, 6.07) is 15.7. The van der Waals surface area contributed by atoms with Crippen molar-refractivity contribution in [2.45, 2.75) is 13.3 Å². The first-order valence-electron chi connectivity index (χ1n) is 9.94. The van der Waals surface area contributed by atoms with Crippen LogP contribution in [-0.4, -0.2) is 53.6 Å². The maximum atomic E-state index is 12.5. The zero-order valence-corrected chi connectivity index (χ0v) is 18.0. The summed E-state index contributed by atoms with van der Waals surface area (Å²) in [6.07, 6.45) is 0.737. The van der Waals surface area contributed by atoms with E-state index in [1.807, 2.05) is 29.2 Å². The van der Waals surface area contributed by atoms with Crippen molar-refractivity contribution in [1.82, 2.24) is 14.3 Å². The van der Waals surface area contributed by atoms with Gasteiger partial charge in [0, 0.05) is 49.8 Å². The minimum Gasteiger partial charge on any atom is -0.497 e. The number of methoxy groups -OCH3 is 1. The number of amides is 2. The molecule has 0 radical (unpaired) electrons. The summed E-state index contributed by atoms with van der Waals surface area (Å²) >= 11 is 1.43. The Morgan fingerprint density at radius 2 is 1.77 bits per heavy atom. The summed E-state index contributed by atoms with van der Waals surface area (Å²) in [5.74, 6) is 1.61. The molecule has 1 saturated heterocycles. The topological polar surface area (TPSA) is 70.6 Å². The number of urea groups is 1. The van der Waals surface area contributed by atoms with Gasteiger partial charge >= 0.3 is 6.03 Å². The molecule has 4 rings (SSSR count). The number of aryl methyl sites for hydroxylation is 1. The van der Waals surface area contributed by atoms with Gasteiger partial charge in [0.05, 0.1) is 7.11 Å². The van der Waals surface area contributed by atoms with E-state index in [1.54, 1.807) is 7.11 Å². The van der Waals surface area contributed by atoms with E-state index in [2.05, 4.69) is 45.8 Å². The quantitative estimate of drug-likeness (QED) is 0.676. The number of carbonyl (C=O) groups excluding carboxylic acids is 1. The smallest absolute Gasteiger partial charge is 0.321 e. The molecule has 0 atom stereocenters. The van der Waals surface area contributed by atoms with E-state index >= 15 is 0 Å². The molecule has 0 unspecified atom stereocenters. The number of aromatic nitrogens is 2. The van der Waals surface area contributed by atoms with Crippen molar-refractivity contribution in [3.63, 3.8) is 0 Å². The molecule has 0 aliphatic carbocycles. The number of carbonyl (C=O) groups is 1. The predicted molar refractivity (Wildman–Crippen MR) is 120 cm³/mol. The van der Waals surface area contributed by atoms with Crippen molar-refractivity contribution in [1.29, 1.82) is 0 Å². The first kappa shape index (κ1) is 20.2. The summed E-state index contributed by atoms with van der Waals surface area (Å²) in [5.41, 5.74) is 3.22. The number of hydrogen-bond acceptors (Lipinski definition) is 6. The van der Waals surface area contributed by atoms with Gasteiger partial charge in [-0.3, -0.25) is 0 Å². The Kier molecular flexibility index (Phi) is 6.13. The summed E-state index contributed by atoms with van der Waals surface area (Å²) < 4.78 is 9.66. The molecule has 1 fully saturated rings. The van der Waals surface area contributed by atoms with Crippen LogP contribution < -0.4 is 15.0 Å². The summed E-state index contributed by atoms with van der Waals surface area (Å²) in [4.78, 5) is 21.3. The van der Waals surface area contributed by atoms with Gasteiger partial charge in [0.15, 0.2) is 0 Å². The fourth-order valence-corrected chi connectivity index (χ4v) is 4.05. The lowest BCUT2D eigenvalue weighted by Crippen LogP contribution is -2.50. The molecule has 156 valence electrons. The number of benzene rings is 2. The second-order valence-corrected chi connectivity index (χ2v) is 8.02. The molecule has 1 N–H and O–H groups in total. The lowest BCUT2D eigenvalue weighted by atomic mass is 10.1. The van der Waals surface area contributed by atoms with Crippen molar-refractivity contribution < 1.29 is 9.53 Å². The van der Waals surface area contributed by atoms with Crippen LogP contribution in [-0.2, 0) is 6.42 Å². The summed E-state index contributed by atoms with van der Waals surface area (Å²) in [6.45, 7) is 4.87. The van der Waals surface area contributed by atoms with Gasteiger partial charge in [0.25, 0.3) is 0 Å². The van der Waals surface area contributed by atoms with Crippen LogP contribution in [0.1, 0.15) is 17.0 Å². The lowest BCUT2D eigenvalue weighted by Gasteiger charge is -2.34. The van der Waals surface area contributed by atoms with Gasteiger partial charge in [0.1, 0.15) is 11.6 Å². The number of nitrogens with one attached hydrogen (secondary N) is 1. The van der Waals surface area contributed by atoms with Crippen molar-refractivity contribution in [3.8, 4) is 5.75 Å². The van der Waals surface area contributed by atoms with E-state index in [1.165, 1.54) is 22.7 Å². The summed E-state index contributed by atoms with van der Waals surface area (Å²) in [5, 5.41) is 3.86. The first-order valence-corrected chi connectivity index (χ1v) is 10.7. The molecule has 8 heteroatoms. The van der Waals surface area contributed by atoms with Crippen LogP contribution in [0.4, 0.5) is 15.6 Å². The number of hydrogen-bond donors (Lipinski definition) is 1. The van der Waals surface area contributed by atoms with E-state index < -0.39 is 0 Å². The van der Waals surface area contributed by atoms with Gasteiger partial charge in [-0.25, -0.2) is 9.78 Å². The highest BCUT2D eigenvalue weighted by Gasteiger charge is 2.23. The van der Waals surface area contributed by atoms with Crippen LogP contribution in [0, 0.1) is 6.92 Å². The van der Waals surface area contributed by atoms with Crippen molar-refractivity contribution in [2.24, 2.45) is 0 Å². The van der Waals surface area contributed by atoms with Gasteiger partial charge in [-0.05, 0) is 36.8 Å². The number of anilines is 2. The molecule has 2 aromatic carbocycles. The number of rotatable bonds is 5. The van der Waals surface area contributed by atoms with E-state index in [9.17, 15) is 4.79 Å². The molecule has 2 amide bonds. The highest BCUT2D eigenvalue weighted by Crippen LogP contribution is 2.21. The molecule has 1 aliphatic rings. The minimum absolute atomic E-state index is 0.0860. The molecule has 0 spiro atoms. The first-order chi connectivity index (χ1) is 14.6. The van der Waals surface area contributed by atoms with Crippen molar-refractivity contribution >= 4 is 28.4 Å². The van der Waals surface area contributed by atoms with E-state index in [0.717, 1.165) is 41.9 Å². The Bertz CT molecular complexity index is 980. The molecule has 2 heterocycles. The van der Waals surface area contributed by atoms with Gasteiger partial charge in [-0.15, -0.1) is 0 Å². The largest absolute Gasteiger partial charge is 0.497 e. The number of ether oxygens (including phenoxy) is 1. The molecular formula is C22H25N5O2S. The molecule has 7 nitrogen and oxygen atoms in total. The maximum absolute atomic E-state index is 12.5. The van der Waals surface area contributed by atoms with Gasteiger partial charge in [-0.2, -0.15) is 4.37 Å². The molecule has 1 aromatic heterocycles. The number of nitrogens with zero attached hydrogens (tertiary/aromatic N) is 4. The molecule has 3 aromatic rings. The third kappa shape index (κ3) is 4.88. The molecular weight excluding hydrogens is 398 g/mol. The second-order valence-electron chi connectivity index (χ2n) is 7.29. The average Bonchev–Trinajstić information content (AvgIpc) is 3.24. The third-order valence-electron chi connectivity index (χ3n) is 5.12. The van der Waals surface area contributed by atoms with Crippen LogP contribution in [0.5, 0.6) is 5.75 Å². The third-order valence-corrected chi connectivity index (χ3v) is 5.93. The zero-order chi connectivity index (χ0) is 20.9. The SMILES string of the molecule is COc1ccc(NC(=O)N2CCN(c3nc(Cc4ccc(C)cc4)ns3)CC2)cc1. The molecule has 30 heavy (non-hydrogen) atoms. The van der Waals surface area contributed by atoms with Crippen LogP contribution in [0.25, 0.3) is 0 Å².